The Bertz CT molecular complexity index is 1360. The second-order valence-electron chi connectivity index (χ2n) is 10.7. The van der Waals surface area contributed by atoms with Gasteiger partial charge in [0, 0.05) is 36.7 Å². The summed E-state index contributed by atoms with van der Waals surface area (Å²) < 4.78 is 10.8. The number of benzene rings is 1. The number of rotatable bonds is 7. The van der Waals surface area contributed by atoms with Crippen molar-refractivity contribution in [3.05, 3.63) is 36.2 Å². The zero-order valence-corrected chi connectivity index (χ0v) is 23.0. The first-order valence-corrected chi connectivity index (χ1v) is 13.1. The van der Waals surface area contributed by atoms with Crippen LogP contribution in [0.3, 0.4) is 0 Å². The van der Waals surface area contributed by atoms with Gasteiger partial charge in [-0.1, -0.05) is 18.9 Å². The van der Waals surface area contributed by atoms with Crippen LogP contribution in [0.15, 0.2) is 30.5 Å². The highest BCUT2D eigenvalue weighted by atomic mass is 16.6. The summed E-state index contributed by atoms with van der Waals surface area (Å²) in [5.74, 6) is -0.171. The van der Waals surface area contributed by atoms with Gasteiger partial charge in [-0.3, -0.25) is 14.7 Å². The van der Waals surface area contributed by atoms with E-state index in [1.807, 2.05) is 39.0 Å². The van der Waals surface area contributed by atoms with Gasteiger partial charge in [-0.15, -0.1) is 0 Å². The monoisotopic (exact) mass is 536 g/mol. The number of carbonyl (C=O) groups excluding carboxylic acids is 3. The molecule has 2 aromatic heterocycles. The van der Waals surface area contributed by atoms with Crippen molar-refractivity contribution >= 4 is 34.5 Å². The number of aromatic nitrogens is 3. The fourth-order valence-electron chi connectivity index (χ4n) is 4.89. The first kappa shape index (κ1) is 27.9. The summed E-state index contributed by atoms with van der Waals surface area (Å²) in [6, 6.07) is 7.24. The maximum atomic E-state index is 13.1. The molecule has 0 aliphatic heterocycles. The van der Waals surface area contributed by atoms with E-state index >= 15 is 0 Å². The van der Waals surface area contributed by atoms with Gasteiger partial charge in [-0.2, -0.15) is 5.10 Å². The molecule has 2 heterocycles. The molecule has 4 rings (SSSR count). The summed E-state index contributed by atoms with van der Waals surface area (Å²) in [4.78, 5) is 41.9. The van der Waals surface area contributed by atoms with Crippen molar-refractivity contribution in [3.63, 3.8) is 0 Å². The second-order valence-corrected chi connectivity index (χ2v) is 10.7. The highest BCUT2D eigenvalue weighted by molar-refractivity contribution is 6.05. The molecular weight excluding hydrogens is 500 g/mol. The van der Waals surface area contributed by atoms with Crippen molar-refractivity contribution in [3.8, 4) is 17.0 Å². The number of H-pyrrole nitrogens is 1. The molecule has 11 heteroatoms. The van der Waals surface area contributed by atoms with E-state index in [9.17, 15) is 14.4 Å². The molecule has 0 unspecified atom stereocenters. The van der Waals surface area contributed by atoms with Crippen LogP contribution in [0.5, 0.6) is 5.88 Å². The van der Waals surface area contributed by atoms with Gasteiger partial charge in [0.25, 0.3) is 5.91 Å². The molecule has 1 aromatic carbocycles. The number of nitrogens with one attached hydrogen (secondary N) is 4. The van der Waals surface area contributed by atoms with E-state index in [2.05, 4.69) is 31.1 Å². The number of amides is 3. The molecule has 0 spiro atoms. The van der Waals surface area contributed by atoms with Crippen LogP contribution in [-0.2, 0) is 9.53 Å². The van der Waals surface area contributed by atoms with Crippen LogP contribution < -0.4 is 20.7 Å². The first-order chi connectivity index (χ1) is 18.6. The minimum atomic E-state index is -0.589. The third kappa shape index (κ3) is 6.84. The smallest absolute Gasteiger partial charge is 0.407 e. The van der Waals surface area contributed by atoms with Crippen LogP contribution in [0.1, 0.15) is 63.4 Å². The zero-order chi connectivity index (χ0) is 28.2. The molecule has 2 atom stereocenters. The molecule has 0 bridgehead atoms. The minimum absolute atomic E-state index is 0.00860. The molecule has 39 heavy (non-hydrogen) atoms. The van der Waals surface area contributed by atoms with Crippen LogP contribution in [0.4, 0.5) is 10.5 Å². The first-order valence-electron chi connectivity index (χ1n) is 13.1. The van der Waals surface area contributed by atoms with Gasteiger partial charge in [-0.05, 0) is 63.3 Å². The number of methoxy groups -OCH3 is 1. The average Bonchev–Trinajstić information content (AvgIpc) is 3.31. The van der Waals surface area contributed by atoms with Crippen molar-refractivity contribution in [2.24, 2.45) is 5.92 Å². The summed E-state index contributed by atoms with van der Waals surface area (Å²) in [6.45, 7) is 5.47. The van der Waals surface area contributed by atoms with Gasteiger partial charge in [0.2, 0.25) is 11.8 Å². The molecule has 1 aliphatic rings. The van der Waals surface area contributed by atoms with Crippen molar-refractivity contribution in [1.29, 1.82) is 0 Å². The number of pyridine rings is 1. The Labute approximate surface area is 227 Å². The Morgan fingerprint density at radius 2 is 1.87 bits per heavy atom. The standard InChI is InChI=1S/C28H36N6O5/c1-28(2,3)39-27(37)32-20-9-7-6-8-17(20)14-23(35)31-22-13-18(15-30-26(22)38-5)16-10-11-19-21(12-16)33-34-24(19)25(36)29-4/h10-13,15,17,20H,6-9,14H2,1-5H3,(H,29,36)(H,31,35)(H,32,37)(H,33,34)/t17-,20+/m0/s1. The van der Waals surface area contributed by atoms with E-state index in [0.717, 1.165) is 36.8 Å². The topological polar surface area (TPSA) is 147 Å². The molecule has 0 saturated heterocycles. The van der Waals surface area contributed by atoms with Crippen LogP contribution in [-0.4, -0.2) is 58.9 Å². The van der Waals surface area contributed by atoms with Crippen molar-refractivity contribution < 1.29 is 23.9 Å². The molecule has 3 amide bonds. The van der Waals surface area contributed by atoms with E-state index in [-0.39, 0.29) is 30.2 Å². The molecule has 11 nitrogen and oxygen atoms in total. The molecule has 3 aromatic rings. The summed E-state index contributed by atoms with van der Waals surface area (Å²) in [6.07, 6.45) is 5.08. The summed E-state index contributed by atoms with van der Waals surface area (Å²) in [7, 11) is 3.05. The van der Waals surface area contributed by atoms with Crippen LogP contribution in [0.2, 0.25) is 0 Å². The predicted octanol–water partition coefficient (Wildman–Crippen LogP) is 4.41. The molecule has 1 saturated carbocycles. The van der Waals surface area contributed by atoms with E-state index in [1.54, 1.807) is 19.3 Å². The largest absolute Gasteiger partial charge is 0.480 e. The number of ether oxygens (including phenoxy) is 2. The van der Waals surface area contributed by atoms with E-state index in [4.69, 9.17) is 9.47 Å². The second kappa shape index (κ2) is 11.7. The highest BCUT2D eigenvalue weighted by Crippen LogP contribution is 2.32. The third-order valence-electron chi connectivity index (χ3n) is 6.72. The van der Waals surface area contributed by atoms with Crippen LogP contribution >= 0.6 is 0 Å². The maximum Gasteiger partial charge on any atom is 0.407 e. The van der Waals surface area contributed by atoms with Gasteiger partial charge in [0.05, 0.1) is 12.6 Å². The Hall–Kier alpha value is -4.15. The molecule has 0 radical (unpaired) electrons. The normalized spacial score (nSPS) is 17.4. The van der Waals surface area contributed by atoms with Crippen molar-refractivity contribution in [1.82, 2.24) is 25.8 Å². The molecular formula is C28H36N6O5. The lowest BCUT2D eigenvalue weighted by molar-refractivity contribution is -0.117. The summed E-state index contributed by atoms with van der Waals surface area (Å²) in [5, 5.41) is 16.2. The Balaban J connectivity index is 1.49. The Morgan fingerprint density at radius 1 is 1.10 bits per heavy atom. The average molecular weight is 537 g/mol. The van der Waals surface area contributed by atoms with E-state index in [1.165, 1.54) is 7.11 Å². The fourth-order valence-corrected chi connectivity index (χ4v) is 4.89. The van der Waals surface area contributed by atoms with E-state index in [0.29, 0.717) is 28.2 Å². The highest BCUT2D eigenvalue weighted by Gasteiger charge is 2.30. The number of fused-ring (bicyclic) bond motifs is 1. The lowest BCUT2D eigenvalue weighted by atomic mass is 9.82. The van der Waals surface area contributed by atoms with Gasteiger partial charge < -0.3 is 25.4 Å². The number of carbonyl (C=O) groups is 3. The van der Waals surface area contributed by atoms with Gasteiger partial charge in [0.15, 0.2) is 5.69 Å². The number of hydrogen-bond acceptors (Lipinski definition) is 7. The number of aromatic amines is 1. The van der Waals surface area contributed by atoms with Crippen LogP contribution in [0, 0.1) is 5.92 Å². The Morgan fingerprint density at radius 3 is 2.59 bits per heavy atom. The molecule has 4 N–H and O–H groups in total. The lowest BCUT2D eigenvalue weighted by Crippen LogP contribution is -2.45. The lowest BCUT2D eigenvalue weighted by Gasteiger charge is -2.32. The third-order valence-corrected chi connectivity index (χ3v) is 6.72. The van der Waals surface area contributed by atoms with Crippen molar-refractivity contribution in [2.75, 3.05) is 19.5 Å². The molecule has 1 fully saturated rings. The summed E-state index contributed by atoms with van der Waals surface area (Å²) >= 11 is 0. The maximum absolute atomic E-state index is 13.1. The Kier molecular flexibility index (Phi) is 8.37. The van der Waals surface area contributed by atoms with E-state index < -0.39 is 11.7 Å². The van der Waals surface area contributed by atoms with Gasteiger partial charge >= 0.3 is 6.09 Å². The molecule has 1 aliphatic carbocycles. The van der Waals surface area contributed by atoms with Gasteiger partial charge in [-0.25, -0.2) is 9.78 Å². The molecule has 208 valence electrons. The SMILES string of the molecule is CNC(=O)c1n[nH]c2cc(-c3cnc(OC)c(NC(=O)C[C@@H]4CCCC[C@H]4NC(=O)OC(C)(C)C)c3)ccc12. The predicted molar refractivity (Wildman–Crippen MR) is 148 cm³/mol. The zero-order valence-electron chi connectivity index (χ0n) is 23.0. The quantitative estimate of drug-likeness (QED) is 0.350. The number of nitrogens with zero attached hydrogens (tertiary/aromatic N) is 2. The van der Waals surface area contributed by atoms with Crippen LogP contribution in [0.25, 0.3) is 22.0 Å². The minimum Gasteiger partial charge on any atom is -0.480 e. The number of anilines is 1. The number of alkyl carbamates (subject to hydrolysis) is 1. The fraction of sp³-hybridized carbons (Fsp3) is 0.464. The summed E-state index contributed by atoms with van der Waals surface area (Å²) in [5.41, 5.74) is 2.47. The van der Waals surface area contributed by atoms with Crippen molar-refractivity contribution in [2.45, 2.75) is 64.5 Å². The number of hydrogen-bond donors (Lipinski definition) is 4. The van der Waals surface area contributed by atoms with Gasteiger partial charge in [0.1, 0.15) is 11.3 Å².